The van der Waals surface area contributed by atoms with Crippen LogP contribution in [0.1, 0.15) is 31.2 Å². The lowest BCUT2D eigenvalue weighted by Gasteiger charge is -2.28. The van der Waals surface area contributed by atoms with Crippen LogP contribution in [0.25, 0.3) is 0 Å². The van der Waals surface area contributed by atoms with Crippen molar-refractivity contribution in [1.82, 2.24) is 4.72 Å². The highest BCUT2D eigenvalue weighted by atomic mass is 35.5. The second kappa shape index (κ2) is 6.92. The quantitative estimate of drug-likeness (QED) is 0.794. The molecule has 1 aliphatic carbocycles. The SMILES string of the molecule is Cl.NCC1(NS(=O)(=O)c2ccc(F)c(C(F)(F)F)c2)CCCC1. The van der Waals surface area contributed by atoms with Crippen LogP contribution in [0, 0.1) is 5.82 Å². The van der Waals surface area contributed by atoms with Gasteiger partial charge in [0.05, 0.1) is 10.5 Å². The Hall–Kier alpha value is -0.900. The zero-order valence-electron chi connectivity index (χ0n) is 12.0. The summed E-state index contributed by atoms with van der Waals surface area (Å²) in [7, 11) is -4.21. The minimum absolute atomic E-state index is 0. The van der Waals surface area contributed by atoms with Crippen molar-refractivity contribution < 1.29 is 26.0 Å². The molecule has 4 nitrogen and oxygen atoms in total. The lowest BCUT2D eigenvalue weighted by Crippen LogP contribution is -2.51. The molecule has 0 unspecified atom stereocenters. The maximum Gasteiger partial charge on any atom is 0.419 e. The van der Waals surface area contributed by atoms with E-state index < -0.39 is 38.0 Å². The first-order chi connectivity index (χ1) is 10.1. The van der Waals surface area contributed by atoms with Gasteiger partial charge in [0.25, 0.3) is 0 Å². The highest BCUT2D eigenvalue weighted by molar-refractivity contribution is 7.89. The fraction of sp³-hybridized carbons (Fsp3) is 0.538. The van der Waals surface area contributed by atoms with Gasteiger partial charge in [-0.25, -0.2) is 17.5 Å². The second-order valence-corrected chi connectivity index (χ2v) is 7.12. The van der Waals surface area contributed by atoms with Crippen molar-refractivity contribution in [3.05, 3.63) is 29.6 Å². The van der Waals surface area contributed by atoms with Crippen molar-refractivity contribution in [3.8, 4) is 0 Å². The molecule has 3 N–H and O–H groups in total. The zero-order chi connectivity index (χ0) is 16.6. The molecule has 1 fully saturated rings. The van der Waals surface area contributed by atoms with Gasteiger partial charge in [-0.05, 0) is 31.0 Å². The first-order valence-corrected chi connectivity index (χ1v) is 8.19. The maximum atomic E-state index is 13.2. The van der Waals surface area contributed by atoms with E-state index in [9.17, 15) is 26.0 Å². The van der Waals surface area contributed by atoms with Gasteiger partial charge in [-0.15, -0.1) is 12.4 Å². The summed E-state index contributed by atoms with van der Waals surface area (Å²) < 4.78 is 78.3. The molecule has 1 aliphatic rings. The van der Waals surface area contributed by atoms with Gasteiger partial charge in [-0.3, -0.25) is 0 Å². The molecule has 0 radical (unpaired) electrons. The van der Waals surface area contributed by atoms with Crippen LogP contribution >= 0.6 is 12.4 Å². The number of rotatable bonds is 4. The molecule has 1 aromatic rings. The number of benzene rings is 1. The van der Waals surface area contributed by atoms with E-state index in [4.69, 9.17) is 5.73 Å². The van der Waals surface area contributed by atoms with Crippen molar-refractivity contribution in [3.63, 3.8) is 0 Å². The number of sulfonamides is 1. The van der Waals surface area contributed by atoms with E-state index in [0.717, 1.165) is 18.9 Å². The van der Waals surface area contributed by atoms with E-state index in [0.29, 0.717) is 25.0 Å². The third kappa shape index (κ3) is 4.34. The first-order valence-electron chi connectivity index (χ1n) is 6.70. The van der Waals surface area contributed by atoms with Gasteiger partial charge in [0, 0.05) is 12.1 Å². The van der Waals surface area contributed by atoms with Gasteiger partial charge in [-0.2, -0.15) is 13.2 Å². The van der Waals surface area contributed by atoms with Gasteiger partial charge in [-0.1, -0.05) is 12.8 Å². The number of hydrogen-bond donors (Lipinski definition) is 2. The lowest BCUT2D eigenvalue weighted by atomic mass is 10.0. The van der Waals surface area contributed by atoms with Gasteiger partial charge in [0.2, 0.25) is 10.0 Å². The van der Waals surface area contributed by atoms with Gasteiger partial charge >= 0.3 is 6.18 Å². The third-order valence-electron chi connectivity index (χ3n) is 3.86. The van der Waals surface area contributed by atoms with Crippen LogP contribution < -0.4 is 10.5 Å². The van der Waals surface area contributed by atoms with E-state index in [-0.39, 0.29) is 19.0 Å². The number of hydrogen-bond acceptors (Lipinski definition) is 3. The van der Waals surface area contributed by atoms with Crippen molar-refractivity contribution >= 4 is 22.4 Å². The van der Waals surface area contributed by atoms with Gasteiger partial charge in [0.1, 0.15) is 5.82 Å². The fourth-order valence-corrected chi connectivity index (χ4v) is 4.13. The Labute approximate surface area is 137 Å². The molecule has 23 heavy (non-hydrogen) atoms. The monoisotopic (exact) mass is 376 g/mol. The van der Waals surface area contributed by atoms with Crippen LogP contribution in [0.4, 0.5) is 17.6 Å². The lowest BCUT2D eigenvalue weighted by molar-refractivity contribution is -0.140. The minimum Gasteiger partial charge on any atom is -0.329 e. The molecule has 0 atom stereocenters. The number of alkyl halides is 3. The molecular formula is C13H17ClF4N2O2S. The predicted octanol–water partition coefficient (Wildman–Crippen LogP) is 2.82. The highest BCUT2D eigenvalue weighted by Gasteiger charge is 2.39. The summed E-state index contributed by atoms with van der Waals surface area (Å²) in [5.41, 5.74) is 3.16. The molecule has 0 aliphatic heterocycles. The highest BCUT2D eigenvalue weighted by Crippen LogP contribution is 2.34. The second-order valence-electron chi connectivity index (χ2n) is 5.44. The first kappa shape index (κ1) is 20.1. The maximum absolute atomic E-state index is 13.2. The Kier molecular flexibility index (Phi) is 6.06. The summed E-state index contributed by atoms with van der Waals surface area (Å²) in [6.07, 6.45) is -2.34. The van der Waals surface area contributed by atoms with Crippen LogP contribution in [0.3, 0.4) is 0 Å². The Bertz CT molecular complexity index is 658. The summed E-state index contributed by atoms with van der Waals surface area (Å²) >= 11 is 0. The zero-order valence-corrected chi connectivity index (χ0v) is 13.6. The largest absolute Gasteiger partial charge is 0.419 e. The van der Waals surface area contributed by atoms with Crippen molar-refractivity contribution in [2.45, 2.75) is 42.3 Å². The average molecular weight is 377 g/mol. The molecule has 0 aromatic heterocycles. The fourth-order valence-electron chi connectivity index (χ4n) is 2.63. The Balaban J connectivity index is 0.00000264. The van der Waals surface area contributed by atoms with Crippen LogP contribution in [-0.4, -0.2) is 20.5 Å². The Morgan fingerprint density at radius 2 is 1.78 bits per heavy atom. The minimum atomic E-state index is -4.96. The van der Waals surface area contributed by atoms with E-state index in [1.165, 1.54) is 0 Å². The Morgan fingerprint density at radius 1 is 1.22 bits per heavy atom. The van der Waals surface area contributed by atoms with Crippen LogP contribution in [0.2, 0.25) is 0 Å². The summed E-state index contributed by atoms with van der Waals surface area (Å²) in [6.45, 7) is 0.0551. The molecular weight excluding hydrogens is 360 g/mol. The molecule has 0 heterocycles. The van der Waals surface area contributed by atoms with E-state index >= 15 is 0 Å². The van der Waals surface area contributed by atoms with Crippen molar-refractivity contribution in [1.29, 1.82) is 0 Å². The van der Waals surface area contributed by atoms with Gasteiger partial charge < -0.3 is 5.73 Å². The van der Waals surface area contributed by atoms with E-state index in [1.807, 2.05) is 0 Å². The number of halogens is 5. The smallest absolute Gasteiger partial charge is 0.329 e. The van der Waals surface area contributed by atoms with Gasteiger partial charge in [0.15, 0.2) is 0 Å². The topological polar surface area (TPSA) is 72.2 Å². The van der Waals surface area contributed by atoms with Crippen molar-refractivity contribution in [2.75, 3.05) is 6.54 Å². The van der Waals surface area contributed by atoms with Crippen LogP contribution in [0.5, 0.6) is 0 Å². The predicted molar refractivity (Wildman–Crippen MR) is 79.2 cm³/mol. The number of nitrogens with one attached hydrogen (secondary N) is 1. The van der Waals surface area contributed by atoms with Crippen molar-refractivity contribution in [2.24, 2.45) is 5.73 Å². The van der Waals surface area contributed by atoms with Crippen LogP contribution in [0.15, 0.2) is 23.1 Å². The molecule has 1 aromatic carbocycles. The average Bonchev–Trinajstić information content (AvgIpc) is 2.86. The summed E-state index contributed by atoms with van der Waals surface area (Å²) in [5.74, 6) is -1.51. The number of nitrogens with two attached hydrogens (primary N) is 1. The molecule has 2 rings (SSSR count). The summed E-state index contributed by atoms with van der Waals surface area (Å²) in [6, 6.07) is 1.62. The molecule has 1 saturated carbocycles. The van der Waals surface area contributed by atoms with E-state index in [1.54, 1.807) is 0 Å². The van der Waals surface area contributed by atoms with E-state index in [2.05, 4.69) is 4.72 Å². The molecule has 0 amide bonds. The Morgan fingerprint density at radius 3 is 2.26 bits per heavy atom. The molecule has 0 spiro atoms. The van der Waals surface area contributed by atoms with Crippen LogP contribution in [-0.2, 0) is 16.2 Å². The molecule has 0 bridgehead atoms. The molecule has 0 saturated heterocycles. The standard InChI is InChI=1S/C13H16F4N2O2S.ClH/c14-11-4-3-9(7-10(11)13(15,16)17)22(20,21)19-12(8-18)5-1-2-6-12;/h3-4,7,19H,1-2,5-6,8,18H2;1H. The summed E-state index contributed by atoms with van der Waals surface area (Å²) in [5, 5.41) is 0. The third-order valence-corrected chi connectivity index (χ3v) is 5.43. The molecule has 132 valence electrons. The normalized spacial score (nSPS) is 17.8. The molecule has 10 heteroatoms. The summed E-state index contributed by atoms with van der Waals surface area (Å²) in [4.78, 5) is -0.624.